The molecule has 2 aromatic carbocycles. The molecule has 0 aliphatic carbocycles. The lowest BCUT2D eigenvalue weighted by Gasteiger charge is -2.33. The van der Waals surface area contributed by atoms with E-state index in [1.165, 1.54) is 4.90 Å². The maximum Gasteiger partial charge on any atom is 0.244 e. The fraction of sp³-hybridized carbons (Fsp3) is 0.462. The molecule has 1 N–H and O–H groups in total. The number of nitrogens with zero attached hydrogens (tertiary/aromatic N) is 2. The van der Waals surface area contributed by atoms with E-state index in [1.807, 2.05) is 32.9 Å². The number of hydrogen-bond donors (Lipinski definition) is 1. The monoisotopic (exact) mass is 521 g/mol. The van der Waals surface area contributed by atoms with Crippen LogP contribution in [-0.4, -0.2) is 50.5 Å². The quantitative estimate of drug-likeness (QED) is 0.418. The number of aryl methyl sites for hydroxylation is 2. The molecule has 0 bridgehead atoms. The van der Waals surface area contributed by atoms with Gasteiger partial charge in [-0.05, 0) is 61.6 Å². The summed E-state index contributed by atoms with van der Waals surface area (Å²) in [7, 11) is -3.77. The van der Waals surface area contributed by atoms with Crippen molar-refractivity contribution in [2.75, 3.05) is 23.7 Å². The molecule has 2 amide bonds. The van der Waals surface area contributed by atoms with Crippen molar-refractivity contribution >= 4 is 39.1 Å². The lowest BCUT2D eigenvalue weighted by Crippen LogP contribution is -2.52. The molecule has 0 spiro atoms. The van der Waals surface area contributed by atoms with E-state index in [0.29, 0.717) is 23.7 Å². The van der Waals surface area contributed by atoms with E-state index in [0.717, 1.165) is 40.1 Å². The molecule has 0 saturated carbocycles. The van der Waals surface area contributed by atoms with Crippen molar-refractivity contribution in [3.63, 3.8) is 0 Å². The average Bonchev–Trinajstić information content (AvgIpc) is 2.79. The number of nitrogens with one attached hydrogen (secondary N) is 1. The van der Waals surface area contributed by atoms with Crippen LogP contribution in [0, 0.1) is 13.8 Å². The second-order valence-electron chi connectivity index (χ2n) is 8.78. The lowest BCUT2D eigenvalue weighted by atomic mass is 10.1. The summed E-state index contributed by atoms with van der Waals surface area (Å²) >= 11 is 6.02. The lowest BCUT2D eigenvalue weighted by molar-refractivity contribution is -0.140. The molecule has 0 radical (unpaired) electrons. The molecule has 35 heavy (non-hydrogen) atoms. The van der Waals surface area contributed by atoms with Gasteiger partial charge in [-0.15, -0.1) is 0 Å². The summed E-state index contributed by atoms with van der Waals surface area (Å²) in [6.45, 7) is 7.81. The smallest absolute Gasteiger partial charge is 0.244 e. The van der Waals surface area contributed by atoms with Gasteiger partial charge < -0.3 is 10.2 Å². The minimum absolute atomic E-state index is 0.153. The Morgan fingerprint density at radius 3 is 2.29 bits per heavy atom. The summed E-state index contributed by atoms with van der Waals surface area (Å²) in [6, 6.07) is 11.8. The van der Waals surface area contributed by atoms with Gasteiger partial charge in [0, 0.05) is 18.1 Å². The second kappa shape index (κ2) is 12.9. The van der Waals surface area contributed by atoms with Crippen molar-refractivity contribution in [2.45, 2.75) is 59.5 Å². The number of carbonyl (C=O) groups excluding carboxylic acids is 2. The second-order valence-corrected chi connectivity index (χ2v) is 11.1. The SMILES string of the molecule is CCCCNC(=O)C(CC)N(Cc1ccc(Cl)cc1)C(=O)CN(c1cc(C)ccc1C)S(C)(=O)=O. The number of rotatable bonds is 12. The van der Waals surface area contributed by atoms with Gasteiger partial charge in [0.05, 0.1) is 11.9 Å². The van der Waals surface area contributed by atoms with Crippen LogP contribution in [0.5, 0.6) is 0 Å². The standard InChI is InChI=1S/C26H36ClN3O4S/c1-6-8-15-28-26(32)23(7-2)29(17-21-11-13-22(27)14-12-21)25(31)18-30(35(5,33)34)24-16-19(3)9-10-20(24)4/h9-14,16,23H,6-8,15,17-18H2,1-5H3,(H,28,32). The average molecular weight is 522 g/mol. The molecule has 1 atom stereocenters. The highest BCUT2D eigenvalue weighted by Crippen LogP contribution is 2.25. The van der Waals surface area contributed by atoms with E-state index < -0.39 is 28.5 Å². The van der Waals surface area contributed by atoms with Crippen LogP contribution in [0.4, 0.5) is 5.69 Å². The molecular weight excluding hydrogens is 486 g/mol. The van der Waals surface area contributed by atoms with Gasteiger partial charge in [-0.3, -0.25) is 13.9 Å². The van der Waals surface area contributed by atoms with Crippen molar-refractivity contribution in [3.8, 4) is 0 Å². The minimum Gasteiger partial charge on any atom is -0.354 e. The third kappa shape index (κ3) is 8.25. The number of benzene rings is 2. The van der Waals surface area contributed by atoms with Gasteiger partial charge in [-0.1, -0.05) is 56.1 Å². The number of halogens is 1. The zero-order chi connectivity index (χ0) is 26.2. The predicted molar refractivity (Wildman–Crippen MR) is 142 cm³/mol. The Balaban J connectivity index is 2.43. The van der Waals surface area contributed by atoms with Gasteiger partial charge in [0.1, 0.15) is 12.6 Å². The highest BCUT2D eigenvalue weighted by atomic mass is 35.5. The van der Waals surface area contributed by atoms with Crippen LogP contribution in [-0.2, 0) is 26.2 Å². The van der Waals surface area contributed by atoms with Crippen molar-refractivity contribution in [3.05, 3.63) is 64.2 Å². The van der Waals surface area contributed by atoms with Gasteiger partial charge >= 0.3 is 0 Å². The zero-order valence-electron chi connectivity index (χ0n) is 21.2. The first-order chi connectivity index (χ1) is 16.5. The fourth-order valence-electron chi connectivity index (χ4n) is 3.80. The number of carbonyl (C=O) groups is 2. The Kier molecular flexibility index (Phi) is 10.6. The number of hydrogen-bond acceptors (Lipinski definition) is 4. The Morgan fingerprint density at radius 2 is 1.71 bits per heavy atom. The molecule has 7 nitrogen and oxygen atoms in total. The third-order valence-electron chi connectivity index (χ3n) is 5.79. The summed E-state index contributed by atoms with van der Waals surface area (Å²) in [5, 5.41) is 3.47. The van der Waals surface area contributed by atoms with Crippen LogP contribution in [0.1, 0.15) is 49.8 Å². The summed E-state index contributed by atoms with van der Waals surface area (Å²) in [6.07, 6.45) is 3.24. The van der Waals surface area contributed by atoms with E-state index in [2.05, 4.69) is 5.32 Å². The summed E-state index contributed by atoms with van der Waals surface area (Å²) in [4.78, 5) is 28.2. The normalized spacial score (nSPS) is 12.2. The molecular formula is C26H36ClN3O4S. The largest absolute Gasteiger partial charge is 0.354 e. The van der Waals surface area contributed by atoms with Crippen molar-refractivity contribution < 1.29 is 18.0 Å². The molecule has 0 aromatic heterocycles. The molecule has 0 fully saturated rings. The first-order valence-corrected chi connectivity index (χ1v) is 14.1. The topological polar surface area (TPSA) is 86.8 Å². The van der Waals surface area contributed by atoms with E-state index in [4.69, 9.17) is 11.6 Å². The molecule has 2 rings (SSSR count). The van der Waals surface area contributed by atoms with Crippen molar-refractivity contribution in [1.82, 2.24) is 10.2 Å². The summed E-state index contributed by atoms with van der Waals surface area (Å²) in [5.74, 6) is -0.704. The van der Waals surface area contributed by atoms with Crippen LogP contribution in [0.25, 0.3) is 0 Å². The Labute approximate surface area is 214 Å². The van der Waals surface area contributed by atoms with Gasteiger partial charge in [-0.25, -0.2) is 8.42 Å². The van der Waals surface area contributed by atoms with Gasteiger partial charge in [0.15, 0.2) is 0 Å². The molecule has 0 aliphatic heterocycles. The van der Waals surface area contributed by atoms with Crippen LogP contribution in [0.2, 0.25) is 5.02 Å². The molecule has 0 aliphatic rings. The van der Waals surface area contributed by atoms with Crippen LogP contribution in [0.15, 0.2) is 42.5 Å². The van der Waals surface area contributed by atoms with Gasteiger partial charge in [0.25, 0.3) is 0 Å². The predicted octanol–water partition coefficient (Wildman–Crippen LogP) is 4.45. The number of amides is 2. The van der Waals surface area contributed by atoms with Crippen molar-refractivity contribution in [2.24, 2.45) is 0 Å². The number of sulfonamides is 1. The van der Waals surface area contributed by atoms with E-state index in [1.54, 1.807) is 37.3 Å². The molecule has 192 valence electrons. The van der Waals surface area contributed by atoms with E-state index in [9.17, 15) is 18.0 Å². The Bertz CT molecular complexity index is 1120. The first-order valence-electron chi connectivity index (χ1n) is 11.8. The molecule has 1 unspecified atom stereocenters. The van der Waals surface area contributed by atoms with E-state index in [-0.39, 0.29) is 12.5 Å². The summed E-state index contributed by atoms with van der Waals surface area (Å²) in [5.41, 5.74) is 2.86. The van der Waals surface area contributed by atoms with Crippen LogP contribution in [0.3, 0.4) is 0 Å². The van der Waals surface area contributed by atoms with Gasteiger partial charge in [-0.2, -0.15) is 0 Å². The fourth-order valence-corrected chi connectivity index (χ4v) is 4.82. The summed E-state index contributed by atoms with van der Waals surface area (Å²) < 4.78 is 26.6. The third-order valence-corrected chi connectivity index (χ3v) is 7.17. The molecule has 2 aromatic rings. The molecule has 0 saturated heterocycles. The minimum atomic E-state index is -3.77. The highest BCUT2D eigenvalue weighted by molar-refractivity contribution is 7.92. The highest BCUT2D eigenvalue weighted by Gasteiger charge is 2.32. The maximum atomic E-state index is 13.7. The van der Waals surface area contributed by atoms with Crippen LogP contribution < -0.4 is 9.62 Å². The Hall–Kier alpha value is -2.58. The van der Waals surface area contributed by atoms with Crippen LogP contribution >= 0.6 is 11.6 Å². The number of unbranched alkanes of at least 4 members (excludes halogenated alkanes) is 1. The first kappa shape index (κ1) is 28.7. The number of anilines is 1. The van der Waals surface area contributed by atoms with Gasteiger partial charge in [0.2, 0.25) is 21.8 Å². The maximum absolute atomic E-state index is 13.7. The molecule has 9 heteroatoms. The van der Waals surface area contributed by atoms with E-state index >= 15 is 0 Å². The zero-order valence-corrected chi connectivity index (χ0v) is 22.7. The van der Waals surface area contributed by atoms with Crippen molar-refractivity contribution in [1.29, 1.82) is 0 Å². The molecule has 0 heterocycles. The Morgan fingerprint density at radius 1 is 1.06 bits per heavy atom.